The number of H-pyrrole nitrogens is 1. The number of nitrogens with one attached hydrogen (secondary N) is 2. The van der Waals surface area contributed by atoms with E-state index in [1.807, 2.05) is 30.3 Å². The zero-order chi connectivity index (χ0) is 29.5. The SMILES string of the molecule is COCc1c(/C=C2\C(=O)Nc3ccc(C(C)=O)cc32)[nH]c(-c2ccccc2)c1C(=O)N1CCOCCOCCOCC1. The highest BCUT2D eigenvalue weighted by atomic mass is 16.5. The molecule has 2 amide bonds. The molecule has 3 aromatic rings. The van der Waals surface area contributed by atoms with Crippen molar-refractivity contribution in [1.82, 2.24) is 9.88 Å². The lowest BCUT2D eigenvalue weighted by molar-refractivity contribution is -0.110. The van der Waals surface area contributed by atoms with Gasteiger partial charge < -0.3 is 34.1 Å². The summed E-state index contributed by atoms with van der Waals surface area (Å²) in [7, 11) is 1.57. The Bertz CT molecular complexity index is 1470. The number of benzene rings is 2. The molecule has 2 N–H and O–H groups in total. The summed E-state index contributed by atoms with van der Waals surface area (Å²) in [6.07, 6.45) is 1.73. The molecular formula is C32H35N3O7. The highest BCUT2D eigenvalue weighted by Gasteiger charge is 2.30. The van der Waals surface area contributed by atoms with E-state index in [1.54, 1.807) is 36.3 Å². The molecule has 0 saturated carbocycles. The molecule has 220 valence electrons. The lowest BCUT2D eigenvalue weighted by atomic mass is 9.99. The molecule has 0 aliphatic carbocycles. The average molecular weight is 574 g/mol. The van der Waals surface area contributed by atoms with E-state index in [0.29, 0.717) is 97.6 Å². The van der Waals surface area contributed by atoms with E-state index >= 15 is 0 Å². The third-order valence-corrected chi connectivity index (χ3v) is 7.24. The Hall–Kier alpha value is -4.09. The molecule has 1 saturated heterocycles. The van der Waals surface area contributed by atoms with Gasteiger partial charge >= 0.3 is 0 Å². The molecule has 5 rings (SSSR count). The maximum absolute atomic E-state index is 14.3. The van der Waals surface area contributed by atoms with Crippen LogP contribution in [0.5, 0.6) is 0 Å². The summed E-state index contributed by atoms with van der Waals surface area (Å²) in [6, 6.07) is 14.7. The fourth-order valence-corrected chi connectivity index (χ4v) is 5.09. The van der Waals surface area contributed by atoms with Gasteiger partial charge in [-0.25, -0.2) is 0 Å². The van der Waals surface area contributed by atoms with E-state index < -0.39 is 0 Å². The van der Waals surface area contributed by atoms with Crippen LogP contribution in [0.25, 0.3) is 22.9 Å². The molecule has 10 heteroatoms. The van der Waals surface area contributed by atoms with Gasteiger partial charge in [-0.1, -0.05) is 30.3 Å². The van der Waals surface area contributed by atoms with Crippen molar-refractivity contribution in [2.45, 2.75) is 13.5 Å². The number of aromatic amines is 1. The number of hydrogen-bond acceptors (Lipinski definition) is 7. The fraction of sp³-hybridized carbons (Fsp3) is 0.344. The highest BCUT2D eigenvalue weighted by molar-refractivity contribution is 6.35. The molecule has 10 nitrogen and oxygen atoms in total. The first-order chi connectivity index (χ1) is 20.5. The molecule has 1 aromatic heterocycles. The fourth-order valence-electron chi connectivity index (χ4n) is 5.09. The normalized spacial score (nSPS) is 17.3. The maximum Gasteiger partial charge on any atom is 0.256 e. The first-order valence-electron chi connectivity index (χ1n) is 14.0. The summed E-state index contributed by atoms with van der Waals surface area (Å²) in [4.78, 5) is 44.6. The number of rotatable bonds is 6. The molecule has 0 spiro atoms. The molecule has 3 heterocycles. The van der Waals surface area contributed by atoms with Gasteiger partial charge in [-0.3, -0.25) is 14.4 Å². The van der Waals surface area contributed by atoms with Gasteiger partial charge in [0.2, 0.25) is 0 Å². The number of anilines is 1. The van der Waals surface area contributed by atoms with Crippen molar-refractivity contribution >= 4 is 34.9 Å². The van der Waals surface area contributed by atoms with E-state index in [-0.39, 0.29) is 24.2 Å². The first kappa shape index (κ1) is 29.4. The van der Waals surface area contributed by atoms with Crippen molar-refractivity contribution < 1.29 is 33.3 Å². The summed E-state index contributed by atoms with van der Waals surface area (Å²) in [5.74, 6) is -0.584. The van der Waals surface area contributed by atoms with Gasteiger partial charge in [-0.2, -0.15) is 0 Å². The number of carbonyl (C=O) groups excluding carboxylic acids is 3. The molecule has 2 aliphatic heterocycles. The number of hydrogen-bond donors (Lipinski definition) is 2. The predicted molar refractivity (Wildman–Crippen MR) is 158 cm³/mol. The molecule has 0 radical (unpaired) electrons. The molecule has 0 unspecified atom stereocenters. The smallest absolute Gasteiger partial charge is 0.256 e. The number of amides is 2. The number of aromatic nitrogens is 1. The summed E-state index contributed by atoms with van der Waals surface area (Å²) in [5, 5.41) is 2.87. The number of Topliss-reactive ketones (excluding diaryl/α,β-unsaturated/α-hetero) is 1. The third-order valence-electron chi connectivity index (χ3n) is 7.24. The molecule has 2 aromatic carbocycles. The van der Waals surface area contributed by atoms with E-state index in [2.05, 4.69) is 10.3 Å². The summed E-state index contributed by atoms with van der Waals surface area (Å²) in [6.45, 7) is 4.86. The van der Waals surface area contributed by atoms with Crippen LogP contribution in [0.4, 0.5) is 5.69 Å². The second-order valence-corrected chi connectivity index (χ2v) is 10.0. The number of fused-ring (bicyclic) bond motifs is 1. The highest BCUT2D eigenvalue weighted by Crippen LogP contribution is 2.37. The molecule has 2 aliphatic rings. The van der Waals surface area contributed by atoms with Crippen molar-refractivity contribution in [2.24, 2.45) is 0 Å². The molecular weight excluding hydrogens is 538 g/mol. The summed E-state index contributed by atoms with van der Waals surface area (Å²) >= 11 is 0. The quantitative estimate of drug-likeness (QED) is 0.338. The number of carbonyl (C=O) groups is 3. The Kier molecular flexibility index (Phi) is 9.60. The summed E-state index contributed by atoms with van der Waals surface area (Å²) in [5.41, 5.74) is 5.24. The van der Waals surface area contributed by atoms with E-state index in [4.69, 9.17) is 18.9 Å². The molecule has 0 bridgehead atoms. The van der Waals surface area contributed by atoms with E-state index in [0.717, 1.165) is 5.56 Å². The lowest BCUT2D eigenvalue weighted by Crippen LogP contribution is -2.38. The Morgan fingerprint density at radius 2 is 1.62 bits per heavy atom. The minimum Gasteiger partial charge on any atom is -0.380 e. The summed E-state index contributed by atoms with van der Waals surface area (Å²) < 4.78 is 22.5. The molecule has 1 fully saturated rings. The van der Waals surface area contributed by atoms with Crippen LogP contribution >= 0.6 is 0 Å². The third kappa shape index (κ3) is 6.52. The standard InChI is InChI=1S/C32H35N3O7/c1-21(36)23-8-9-27-24(18-23)25(31(37)34-27)19-28-26(20-39-2)29(30(33-28)22-6-4-3-5-7-22)32(38)35-10-12-40-14-16-42-17-15-41-13-11-35/h3-9,18-19,33H,10-17,20H2,1-2H3,(H,34,37)/b25-19-. The van der Waals surface area contributed by atoms with Crippen molar-refractivity contribution in [3.05, 3.63) is 76.5 Å². The Morgan fingerprint density at radius 3 is 2.26 bits per heavy atom. The van der Waals surface area contributed by atoms with Crippen LogP contribution in [0.3, 0.4) is 0 Å². The predicted octanol–water partition coefficient (Wildman–Crippen LogP) is 4.03. The van der Waals surface area contributed by atoms with Crippen LogP contribution < -0.4 is 5.32 Å². The number of ketones is 1. The number of methoxy groups -OCH3 is 1. The van der Waals surface area contributed by atoms with Crippen molar-refractivity contribution in [2.75, 3.05) is 65.2 Å². The van der Waals surface area contributed by atoms with Crippen LogP contribution in [-0.2, 0) is 30.3 Å². The van der Waals surface area contributed by atoms with Gasteiger partial charge in [0.15, 0.2) is 5.78 Å². The molecule has 42 heavy (non-hydrogen) atoms. The van der Waals surface area contributed by atoms with Gasteiger partial charge in [-0.05, 0) is 36.8 Å². The minimum atomic E-state index is -0.292. The van der Waals surface area contributed by atoms with Gasteiger partial charge in [0.05, 0.1) is 63.1 Å². The van der Waals surface area contributed by atoms with Crippen LogP contribution in [0, 0.1) is 0 Å². The Balaban J connectivity index is 1.60. The number of nitrogens with zero attached hydrogens (tertiary/aromatic N) is 1. The Labute approximate surface area is 244 Å². The van der Waals surface area contributed by atoms with Gasteiger partial charge in [-0.15, -0.1) is 0 Å². The molecule has 0 atom stereocenters. The second-order valence-electron chi connectivity index (χ2n) is 10.0. The van der Waals surface area contributed by atoms with Gasteiger partial charge in [0, 0.05) is 48.3 Å². The van der Waals surface area contributed by atoms with Crippen molar-refractivity contribution in [1.29, 1.82) is 0 Å². The average Bonchev–Trinajstić information content (AvgIpc) is 3.50. The van der Waals surface area contributed by atoms with Crippen LogP contribution in [0.15, 0.2) is 48.5 Å². The zero-order valence-corrected chi connectivity index (χ0v) is 23.9. The zero-order valence-electron chi connectivity index (χ0n) is 23.9. The van der Waals surface area contributed by atoms with Crippen LogP contribution in [0.1, 0.15) is 44.5 Å². The topological polar surface area (TPSA) is 119 Å². The second kappa shape index (κ2) is 13.7. The monoisotopic (exact) mass is 573 g/mol. The Morgan fingerprint density at radius 1 is 0.952 bits per heavy atom. The van der Waals surface area contributed by atoms with Gasteiger partial charge in [0.1, 0.15) is 0 Å². The lowest BCUT2D eigenvalue weighted by Gasteiger charge is -2.24. The van der Waals surface area contributed by atoms with Crippen LogP contribution in [-0.4, -0.2) is 87.3 Å². The largest absolute Gasteiger partial charge is 0.380 e. The van der Waals surface area contributed by atoms with Gasteiger partial charge in [0.25, 0.3) is 11.8 Å². The van der Waals surface area contributed by atoms with Crippen molar-refractivity contribution in [3.8, 4) is 11.3 Å². The first-order valence-corrected chi connectivity index (χ1v) is 14.0. The minimum absolute atomic E-state index is 0.0951. The van der Waals surface area contributed by atoms with Crippen LogP contribution in [0.2, 0.25) is 0 Å². The van der Waals surface area contributed by atoms with E-state index in [1.165, 1.54) is 6.92 Å². The number of ether oxygens (including phenoxy) is 4. The van der Waals surface area contributed by atoms with Crippen molar-refractivity contribution in [3.63, 3.8) is 0 Å². The van der Waals surface area contributed by atoms with E-state index in [9.17, 15) is 14.4 Å². The maximum atomic E-state index is 14.3.